The van der Waals surface area contributed by atoms with Crippen LogP contribution in [0.2, 0.25) is 5.02 Å². The lowest BCUT2D eigenvalue weighted by molar-refractivity contribution is 0.298. The first-order valence-corrected chi connectivity index (χ1v) is 8.71. The Balaban J connectivity index is 1.83. The monoisotopic (exact) mass is 362 g/mol. The van der Waals surface area contributed by atoms with Gasteiger partial charge in [-0.05, 0) is 38.2 Å². The Kier molecular flexibility index (Phi) is 7.28. The Hall–Kier alpha value is -2.05. The maximum atomic E-state index is 5.91. The molecular formula is C18H27ClN6. The number of aromatic nitrogens is 2. The van der Waals surface area contributed by atoms with Crippen LogP contribution in [0.25, 0.3) is 0 Å². The molecule has 0 amide bonds. The van der Waals surface area contributed by atoms with Gasteiger partial charge in [-0.3, -0.25) is 9.67 Å². The van der Waals surface area contributed by atoms with Crippen LogP contribution in [0.4, 0.5) is 0 Å². The number of hydrogen-bond donors (Lipinski definition) is 2. The van der Waals surface area contributed by atoms with Crippen molar-refractivity contribution >= 4 is 17.6 Å². The molecule has 1 heterocycles. The van der Waals surface area contributed by atoms with Gasteiger partial charge in [-0.1, -0.05) is 23.7 Å². The molecule has 6 nitrogen and oxygen atoms in total. The van der Waals surface area contributed by atoms with E-state index in [4.69, 9.17) is 11.6 Å². The minimum atomic E-state index is 0.225. The van der Waals surface area contributed by atoms with Crippen LogP contribution in [-0.4, -0.2) is 54.9 Å². The number of halogens is 1. The van der Waals surface area contributed by atoms with E-state index < -0.39 is 0 Å². The number of aliphatic imine (C=N–C) groups is 1. The Morgan fingerprint density at radius 2 is 2.00 bits per heavy atom. The lowest BCUT2D eigenvalue weighted by atomic mass is 10.1. The Morgan fingerprint density at radius 3 is 2.56 bits per heavy atom. The molecule has 0 aliphatic heterocycles. The minimum Gasteiger partial charge on any atom is -0.356 e. The summed E-state index contributed by atoms with van der Waals surface area (Å²) in [6, 6.07) is 8.15. The van der Waals surface area contributed by atoms with E-state index in [0.717, 1.165) is 30.5 Å². The largest absolute Gasteiger partial charge is 0.356 e. The fourth-order valence-corrected chi connectivity index (χ4v) is 2.73. The van der Waals surface area contributed by atoms with Crippen molar-refractivity contribution in [1.29, 1.82) is 0 Å². The first kappa shape index (κ1) is 19.3. The molecule has 0 spiro atoms. The van der Waals surface area contributed by atoms with Crippen LogP contribution in [0.1, 0.15) is 17.2 Å². The predicted molar refractivity (Wildman–Crippen MR) is 104 cm³/mol. The van der Waals surface area contributed by atoms with Gasteiger partial charge >= 0.3 is 0 Å². The molecule has 1 atom stereocenters. The third kappa shape index (κ3) is 6.07. The summed E-state index contributed by atoms with van der Waals surface area (Å²) in [7, 11) is 7.85. The number of nitrogens with zero attached hydrogens (tertiary/aromatic N) is 4. The zero-order chi connectivity index (χ0) is 18.2. The Bertz CT molecular complexity index is 677. The number of benzene rings is 1. The van der Waals surface area contributed by atoms with E-state index in [1.807, 2.05) is 48.4 Å². The van der Waals surface area contributed by atoms with Gasteiger partial charge in [0.25, 0.3) is 0 Å². The molecule has 0 aliphatic carbocycles. The van der Waals surface area contributed by atoms with E-state index in [1.54, 1.807) is 7.05 Å². The summed E-state index contributed by atoms with van der Waals surface area (Å²) in [6.45, 7) is 1.56. The highest BCUT2D eigenvalue weighted by molar-refractivity contribution is 6.30. The molecule has 136 valence electrons. The number of hydrogen-bond acceptors (Lipinski definition) is 3. The molecule has 0 radical (unpaired) electrons. The summed E-state index contributed by atoms with van der Waals surface area (Å²) >= 11 is 5.91. The highest BCUT2D eigenvalue weighted by Gasteiger charge is 2.16. The van der Waals surface area contributed by atoms with Crippen LogP contribution in [0.15, 0.2) is 41.7 Å². The summed E-state index contributed by atoms with van der Waals surface area (Å²) in [6.07, 6.45) is 4.86. The van der Waals surface area contributed by atoms with Crippen molar-refractivity contribution in [2.24, 2.45) is 12.0 Å². The van der Waals surface area contributed by atoms with Crippen molar-refractivity contribution in [2.75, 3.05) is 34.2 Å². The average Bonchev–Trinajstić information content (AvgIpc) is 3.01. The first-order valence-electron chi connectivity index (χ1n) is 8.33. The second-order valence-electron chi connectivity index (χ2n) is 6.18. The van der Waals surface area contributed by atoms with Crippen molar-refractivity contribution in [1.82, 2.24) is 25.3 Å². The van der Waals surface area contributed by atoms with Gasteiger partial charge in [0.05, 0.1) is 12.2 Å². The van der Waals surface area contributed by atoms with Crippen LogP contribution in [-0.2, 0) is 13.5 Å². The first-order chi connectivity index (χ1) is 12.0. The van der Waals surface area contributed by atoms with Gasteiger partial charge in [-0.2, -0.15) is 5.10 Å². The van der Waals surface area contributed by atoms with Gasteiger partial charge in [0, 0.05) is 44.0 Å². The molecule has 7 heteroatoms. The van der Waals surface area contributed by atoms with E-state index >= 15 is 0 Å². The molecule has 1 aromatic carbocycles. The topological polar surface area (TPSA) is 57.5 Å². The second kappa shape index (κ2) is 9.44. The van der Waals surface area contributed by atoms with Crippen molar-refractivity contribution < 1.29 is 0 Å². The van der Waals surface area contributed by atoms with Crippen LogP contribution in [0, 0.1) is 0 Å². The quantitative estimate of drug-likeness (QED) is 0.585. The van der Waals surface area contributed by atoms with Gasteiger partial charge in [-0.25, -0.2) is 0 Å². The lowest BCUT2D eigenvalue weighted by Crippen LogP contribution is -2.42. The molecule has 0 bridgehead atoms. The van der Waals surface area contributed by atoms with Gasteiger partial charge < -0.3 is 15.5 Å². The van der Waals surface area contributed by atoms with Crippen LogP contribution in [0.3, 0.4) is 0 Å². The molecule has 25 heavy (non-hydrogen) atoms. The Labute approximate surface area is 154 Å². The molecule has 0 saturated heterocycles. The second-order valence-corrected chi connectivity index (χ2v) is 6.62. The van der Waals surface area contributed by atoms with Crippen LogP contribution >= 0.6 is 11.6 Å². The number of guanidine groups is 1. The van der Waals surface area contributed by atoms with E-state index in [0.29, 0.717) is 0 Å². The summed E-state index contributed by atoms with van der Waals surface area (Å²) in [5.41, 5.74) is 2.42. The normalized spacial score (nSPS) is 13.1. The summed E-state index contributed by atoms with van der Waals surface area (Å²) < 4.78 is 1.82. The number of aryl methyl sites for hydroxylation is 1. The van der Waals surface area contributed by atoms with Gasteiger partial charge in [0.15, 0.2) is 5.96 Å². The zero-order valence-electron chi connectivity index (χ0n) is 15.3. The molecule has 1 unspecified atom stereocenters. The maximum Gasteiger partial charge on any atom is 0.191 e. The van der Waals surface area contributed by atoms with Crippen molar-refractivity contribution in [3.63, 3.8) is 0 Å². The SMILES string of the molecule is CN=C(NCCc1ccc(Cl)cc1)NCC(c1cnn(C)c1)N(C)C. The van der Waals surface area contributed by atoms with Crippen molar-refractivity contribution in [3.05, 3.63) is 52.8 Å². The lowest BCUT2D eigenvalue weighted by Gasteiger charge is -2.24. The summed E-state index contributed by atoms with van der Waals surface area (Å²) in [4.78, 5) is 6.47. The average molecular weight is 363 g/mol. The maximum absolute atomic E-state index is 5.91. The summed E-state index contributed by atoms with van der Waals surface area (Å²) in [5.74, 6) is 0.796. The van der Waals surface area contributed by atoms with Crippen molar-refractivity contribution in [3.8, 4) is 0 Å². The molecule has 0 fully saturated rings. The highest BCUT2D eigenvalue weighted by Crippen LogP contribution is 2.16. The van der Waals surface area contributed by atoms with E-state index in [9.17, 15) is 0 Å². The Morgan fingerprint density at radius 1 is 1.28 bits per heavy atom. The third-order valence-corrected chi connectivity index (χ3v) is 4.29. The van der Waals surface area contributed by atoms with Crippen LogP contribution < -0.4 is 10.6 Å². The molecule has 2 rings (SSSR count). The molecular weight excluding hydrogens is 336 g/mol. The van der Waals surface area contributed by atoms with Crippen molar-refractivity contribution in [2.45, 2.75) is 12.5 Å². The number of likely N-dealkylation sites (N-methyl/N-ethyl adjacent to an activating group) is 1. The fourth-order valence-electron chi connectivity index (χ4n) is 2.60. The standard InChI is InChI=1S/C18H27ClN6/c1-20-18(21-10-9-14-5-7-16(19)8-6-14)22-12-17(24(2)3)15-11-23-25(4)13-15/h5-8,11,13,17H,9-10,12H2,1-4H3,(H2,20,21,22). The smallest absolute Gasteiger partial charge is 0.191 e. The molecule has 0 aliphatic rings. The molecule has 2 aromatic rings. The van der Waals surface area contributed by atoms with E-state index in [1.165, 1.54) is 11.1 Å². The van der Waals surface area contributed by atoms with E-state index in [2.05, 4.69) is 39.7 Å². The third-order valence-electron chi connectivity index (χ3n) is 4.04. The molecule has 1 aromatic heterocycles. The zero-order valence-corrected chi connectivity index (χ0v) is 16.1. The highest BCUT2D eigenvalue weighted by atomic mass is 35.5. The number of rotatable bonds is 7. The summed E-state index contributed by atoms with van der Waals surface area (Å²) in [5, 5.41) is 11.8. The molecule has 2 N–H and O–H groups in total. The molecule has 0 saturated carbocycles. The number of nitrogens with one attached hydrogen (secondary N) is 2. The minimum absolute atomic E-state index is 0.225. The van der Waals surface area contributed by atoms with Crippen LogP contribution in [0.5, 0.6) is 0 Å². The predicted octanol–water partition coefficient (Wildman–Crippen LogP) is 2.08. The van der Waals surface area contributed by atoms with Gasteiger partial charge in [0.1, 0.15) is 0 Å². The van der Waals surface area contributed by atoms with Gasteiger partial charge in [0.2, 0.25) is 0 Å². The van der Waals surface area contributed by atoms with E-state index in [-0.39, 0.29) is 6.04 Å². The van der Waals surface area contributed by atoms with Gasteiger partial charge in [-0.15, -0.1) is 0 Å². The fraction of sp³-hybridized carbons (Fsp3) is 0.444.